The Morgan fingerprint density at radius 1 is 0.963 bits per heavy atom. The van der Waals surface area contributed by atoms with Gasteiger partial charge in [0.1, 0.15) is 0 Å². The second-order valence-corrected chi connectivity index (χ2v) is 9.12. The molecule has 6 heteroatoms. The summed E-state index contributed by atoms with van der Waals surface area (Å²) < 4.78 is 27.2. The number of carbonyl (C=O) groups excluding carboxylic acids is 1. The molecule has 144 valence electrons. The van der Waals surface area contributed by atoms with Gasteiger partial charge in [-0.1, -0.05) is 12.5 Å². The highest BCUT2D eigenvalue weighted by molar-refractivity contribution is 7.89. The molecular formula is C21H26N2O3S. The SMILES string of the molecule is Cc1cc(NC(=O)c2cccc(S(=O)(=O)N3CCCCC3)c2)cc(C)c1C. The topological polar surface area (TPSA) is 66.5 Å². The van der Waals surface area contributed by atoms with Crippen LogP contribution in [0.3, 0.4) is 0 Å². The third kappa shape index (κ3) is 4.22. The predicted molar refractivity (Wildman–Crippen MR) is 108 cm³/mol. The average molecular weight is 387 g/mol. The molecular weight excluding hydrogens is 360 g/mol. The van der Waals surface area contributed by atoms with Crippen LogP contribution in [0.2, 0.25) is 0 Å². The summed E-state index contributed by atoms with van der Waals surface area (Å²) in [6.45, 7) is 7.14. The largest absolute Gasteiger partial charge is 0.322 e. The van der Waals surface area contributed by atoms with Crippen molar-refractivity contribution >= 4 is 21.6 Å². The number of hydrogen-bond acceptors (Lipinski definition) is 3. The first-order valence-corrected chi connectivity index (χ1v) is 10.7. The Bertz CT molecular complexity index is 938. The van der Waals surface area contributed by atoms with Gasteiger partial charge in [-0.05, 0) is 80.6 Å². The fourth-order valence-electron chi connectivity index (χ4n) is 3.36. The molecule has 0 saturated carbocycles. The molecule has 27 heavy (non-hydrogen) atoms. The molecule has 0 aromatic heterocycles. The van der Waals surface area contributed by atoms with E-state index in [1.807, 2.05) is 32.9 Å². The summed E-state index contributed by atoms with van der Waals surface area (Å²) in [6.07, 6.45) is 2.82. The van der Waals surface area contributed by atoms with Gasteiger partial charge < -0.3 is 5.32 Å². The number of nitrogens with zero attached hydrogens (tertiary/aromatic N) is 1. The Hall–Kier alpha value is -2.18. The van der Waals surface area contributed by atoms with Gasteiger partial charge in [-0.15, -0.1) is 0 Å². The summed E-state index contributed by atoms with van der Waals surface area (Å²) in [5.74, 6) is -0.312. The van der Waals surface area contributed by atoms with Gasteiger partial charge >= 0.3 is 0 Å². The molecule has 0 spiro atoms. The number of nitrogens with one attached hydrogen (secondary N) is 1. The van der Waals surface area contributed by atoms with Crippen molar-refractivity contribution in [3.8, 4) is 0 Å². The summed E-state index contributed by atoms with van der Waals surface area (Å²) in [7, 11) is -3.56. The first-order chi connectivity index (χ1) is 12.8. The number of benzene rings is 2. The number of carbonyl (C=O) groups is 1. The van der Waals surface area contributed by atoms with Gasteiger partial charge in [0.25, 0.3) is 5.91 Å². The van der Waals surface area contributed by atoms with Gasteiger partial charge in [0, 0.05) is 24.3 Å². The van der Waals surface area contributed by atoms with Crippen LogP contribution in [0.25, 0.3) is 0 Å². The Morgan fingerprint density at radius 3 is 2.22 bits per heavy atom. The molecule has 3 rings (SSSR count). The number of amides is 1. The van der Waals surface area contributed by atoms with Crippen LogP contribution in [-0.2, 0) is 10.0 Å². The minimum Gasteiger partial charge on any atom is -0.322 e. The molecule has 0 bridgehead atoms. The van der Waals surface area contributed by atoms with E-state index in [1.54, 1.807) is 18.2 Å². The van der Waals surface area contributed by atoms with Crippen molar-refractivity contribution in [2.75, 3.05) is 18.4 Å². The van der Waals surface area contributed by atoms with E-state index in [4.69, 9.17) is 0 Å². The highest BCUT2D eigenvalue weighted by atomic mass is 32.2. The molecule has 1 fully saturated rings. The molecule has 1 saturated heterocycles. The first kappa shape index (κ1) is 19.6. The quantitative estimate of drug-likeness (QED) is 0.862. The molecule has 0 aliphatic carbocycles. The van der Waals surface area contributed by atoms with E-state index in [-0.39, 0.29) is 10.8 Å². The third-order valence-electron chi connectivity index (χ3n) is 5.23. The van der Waals surface area contributed by atoms with Crippen LogP contribution in [-0.4, -0.2) is 31.7 Å². The van der Waals surface area contributed by atoms with Gasteiger partial charge in [0.05, 0.1) is 4.90 Å². The highest BCUT2D eigenvalue weighted by Crippen LogP contribution is 2.23. The van der Waals surface area contributed by atoms with Gasteiger partial charge in [-0.25, -0.2) is 8.42 Å². The van der Waals surface area contributed by atoms with E-state index in [1.165, 1.54) is 15.9 Å². The van der Waals surface area contributed by atoms with Crippen molar-refractivity contribution in [3.05, 3.63) is 58.7 Å². The lowest BCUT2D eigenvalue weighted by atomic mass is 10.0. The third-order valence-corrected chi connectivity index (χ3v) is 7.13. The fraction of sp³-hybridized carbons (Fsp3) is 0.381. The number of anilines is 1. The normalized spacial score (nSPS) is 15.5. The smallest absolute Gasteiger partial charge is 0.255 e. The van der Waals surface area contributed by atoms with E-state index in [0.29, 0.717) is 24.3 Å². The van der Waals surface area contributed by atoms with Crippen LogP contribution in [0.1, 0.15) is 46.3 Å². The van der Waals surface area contributed by atoms with E-state index in [2.05, 4.69) is 5.32 Å². The summed E-state index contributed by atoms with van der Waals surface area (Å²) >= 11 is 0. The van der Waals surface area contributed by atoms with Crippen molar-refractivity contribution in [1.29, 1.82) is 0 Å². The Morgan fingerprint density at radius 2 is 1.59 bits per heavy atom. The zero-order valence-electron chi connectivity index (χ0n) is 16.1. The fourth-order valence-corrected chi connectivity index (χ4v) is 4.93. The van der Waals surface area contributed by atoms with Crippen LogP contribution < -0.4 is 5.32 Å². The minimum atomic E-state index is -3.56. The van der Waals surface area contributed by atoms with Crippen molar-refractivity contribution in [1.82, 2.24) is 4.31 Å². The summed E-state index contributed by atoms with van der Waals surface area (Å²) in [5, 5.41) is 2.88. The van der Waals surface area contributed by atoms with Crippen molar-refractivity contribution < 1.29 is 13.2 Å². The second-order valence-electron chi connectivity index (χ2n) is 7.18. The molecule has 0 atom stereocenters. The van der Waals surface area contributed by atoms with Crippen molar-refractivity contribution in [3.63, 3.8) is 0 Å². The molecule has 1 heterocycles. The molecule has 1 amide bonds. The molecule has 0 unspecified atom stereocenters. The van der Waals surface area contributed by atoms with Crippen molar-refractivity contribution in [2.24, 2.45) is 0 Å². The van der Waals surface area contributed by atoms with Gasteiger partial charge in [-0.2, -0.15) is 4.31 Å². The lowest BCUT2D eigenvalue weighted by molar-refractivity contribution is 0.102. The van der Waals surface area contributed by atoms with E-state index < -0.39 is 10.0 Å². The number of hydrogen-bond donors (Lipinski definition) is 1. The van der Waals surface area contributed by atoms with Crippen molar-refractivity contribution in [2.45, 2.75) is 44.9 Å². The molecule has 0 radical (unpaired) electrons. The minimum absolute atomic E-state index is 0.174. The highest BCUT2D eigenvalue weighted by Gasteiger charge is 2.26. The van der Waals surface area contributed by atoms with Gasteiger partial charge in [-0.3, -0.25) is 4.79 Å². The van der Waals surface area contributed by atoms with Crippen LogP contribution in [0.15, 0.2) is 41.3 Å². The zero-order valence-corrected chi connectivity index (χ0v) is 16.9. The second kappa shape index (κ2) is 7.82. The summed E-state index contributed by atoms with van der Waals surface area (Å²) in [4.78, 5) is 12.8. The standard InChI is InChI=1S/C21H26N2O3S/c1-15-12-19(13-16(2)17(15)3)22-21(24)18-8-7-9-20(14-18)27(25,26)23-10-5-4-6-11-23/h7-9,12-14H,4-6,10-11H2,1-3H3,(H,22,24). The lowest BCUT2D eigenvalue weighted by Crippen LogP contribution is -2.35. The number of rotatable bonds is 4. The Labute approximate surface area is 161 Å². The van der Waals surface area contributed by atoms with Crippen LogP contribution >= 0.6 is 0 Å². The number of sulfonamides is 1. The Balaban J connectivity index is 1.83. The maximum absolute atomic E-state index is 12.8. The summed E-state index contributed by atoms with van der Waals surface area (Å²) in [5.41, 5.74) is 4.45. The molecule has 1 aliphatic heterocycles. The van der Waals surface area contributed by atoms with E-state index in [9.17, 15) is 13.2 Å². The van der Waals surface area contributed by atoms with E-state index in [0.717, 1.165) is 30.4 Å². The van der Waals surface area contributed by atoms with Crippen LogP contribution in [0, 0.1) is 20.8 Å². The summed E-state index contributed by atoms with van der Waals surface area (Å²) in [6, 6.07) is 10.1. The Kier molecular flexibility index (Phi) is 5.67. The van der Waals surface area contributed by atoms with Gasteiger partial charge in [0.15, 0.2) is 0 Å². The molecule has 5 nitrogen and oxygen atoms in total. The van der Waals surface area contributed by atoms with Gasteiger partial charge in [0.2, 0.25) is 10.0 Å². The van der Waals surface area contributed by atoms with Crippen LogP contribution in [0.4, 0.5) is 5.69 Å². The number of aryl methyl sites for hydroxylation is 2. The molecule has 1 N–H and O–H groups in total. The molecule has 2 aromatic rings. The monoisotopic (exact) mass is 386 g/mol. The maximum Gasteiger partial charge on any atom is 0.255 e. The van der Waals surface area contributed by atoms with Crippen LogP contribution in [0.5, 0.6) is 0 Å². The first-order valence-electron chi connectivity index (χ1n) is 9.28. The molecule has 2 aromatic carbocycles. The number of piperidine rings is 1. The lowest BCUT2D eigenvalue weighted by Gasteiger charge is -2.26. The molecule has 1 aliphatic rings. The predicted octanol–water partition coefficient (Wildman–Crippen LogP) is 4.04. The van der Waals surface area contributed by atoms with E-state index >= 15 is 0 Å². The average Bonchev–Trinajstić information content (AvgIpc) is 2.67. The zero-order chi connectivity index (χ0) is 19.6. The maximum atomic E-state index is 12.8.